The summed E-state index contributed by atoms with van der Waals surface area (Å²) < 4.78 is 13.4. The number of rotatable bonds is 8. The number of piperazine rings is 1. The van der Waals surface area contributed by atoms with Crippen molar-refractivity contribution < 1.29 is 9.47 Å². The molecule has 38 heavy (non-hydrogen) atoms. The number of aromatic amines is 1. The summed E-state index contributed by atoms with van der Waals surface area (Å²) in [4.78, 5) is 21.3. The number of para-hydroxylation sites is 1. The lowest BCUT2D eigenvalue weighted by Crippen LogP contribution is -2.49. The van der Waals surface area contributed by atoms with Gasteiger partial charge in [-0.15, -0.1) is 5.10 Å². The zero-order valence-electron chi connectivity index (χ0n) is 21.6. The minimum atomic E-state index is -0.395. The first kappa shape index (κ1) is 24.6. The van der Waals surface area contributed by atoms with Crippen LogP contribution in [0.25, 0.3) is 10.9 Å². The summed E-state index contributed by atoms with van der Waals surface area (Å²) in [6, 6.07) is 17.8. The van der Waals surface area contributed by atoms with Crippen molar-refractivity contribution >= 4 is 16.6 Å². The number of pyridine rings is 1. The lowest BCUT2D eigenvalue weighted by atomic mass is 10.0. The highest BCUT2D eigenvalue weighted by molar-refractivity contribution is 5.80. The standard InChI is InChI=1S/C28H33N7O3/c1-2-37-22-10-11-25-20(17-22)18-24(28(36)29-25)26(27-30-31-32-35(27)19-23-9-6-16-38-23)34-14-12-33(13-15-34)21-7-4-3-5-8-21/h3-5,7-8,10-11,17-18,23,26H,2,6,9,12-16,19H2,1H3,(H,29,36)/t23-,26+/m0/s1. The average Bonchev–Trinajstić information content (AvgIpc) is 3.63. The van der Waals surface area contributed by atoms with Gasteiger partial charge in [-0.2, -0.15) is 0 Å². The van der Waals surface area contributed by atoms with Crippen molar-refractivity contribution in [2.45, 2.75) is 38.5 Å². The lowest BCUT2D eigenvalue weighted by Gasteiger charge is -2.39. The summed E-state index contributed by atoms with van der Waals surface area (Å²) in [6.07, 6.45) is 2.10. The molecule has 0 unspecified atom stereocenters. The van der Waals surface area contributed by atoms with E-state index in [4.69, 9.17) is 9.47 Å². The van der Waals surface area contributed by atoms with Crippen LogP contribution in [0.1, 0.15) is 37.2 Å². The second-order valence-corrected chi connectivity index (χ2v) is 9.85. The van der Waals surface area contributed by atoms with E-state index >= 15 is 0 Å². The Morgan fingerprint density at radius 3 is 2.71 bits per heavy atom. The van der Waals surface area contributed by atoms with Crippen molar-refractivity contribution in [1.82, 2.24) is 30.1 Å². The predicted molar refractivity (Wildman–Crippen MR) is 145 cm³/mol. The Bertz CT molecular complexity index is 1420. The minimum Gasteiger partial charge on any atom is -0.494 e. The van der Waals surface area contributed by atoms with E-state index in [-0.39, 0.29) is 11.7 Å². The monoisotopic (exact) mass is 515 g/mol. The van der Waals surface area contributed by atoms with E-state index in [1.54, 1.807) is 0 Å². The summed E-state index contributed by atoms with van der Waals surface area (Å²) in [5.74, 6) is 1.44. The van der Waals surface area contributed by atoms with Crippen LogP contribution in [0.3, 0.4) is 0 Å². The quantitative estimate of drug-likeness (QED) is 0.382. The molecule has 4 aromatic rings. The van der Waals surface area contributed by atoms with E-state index < -0.39 is 6.04 Å². The number of fused-ring (bicyclic) bond motifs is 1. The molecule has 2 aliphatic rings. The Balaban J connectivity index is 1.37. The van der Waals surface area contributed by atoms with Gasteiger partial charge >= 0.3 is 0 Å². The van der Waals surface area contributed by atoms with Gasteiger partial charge in [0.15, 0.2) is 5.82 Å². The average molecular weight is 516 g/mol. The highest BCUT2D eigenvalue weighted by atomic mass is 16.5. The summed E-state index contributed by atoms with van der Waals surface area (Å²) in [5.41, 5.74) is 2.47. The molecule has 0 bridgehead atoms. The first-order chi connectivity index (χ1) is 18.7. The van der Waals surface area contributed by atoms with Gasteiger partial charge in [-0.05, 0) is 66.6 Å². The van der Waals surface area contributed by atoms with E-state index in [0.29, 0.717) is 24.5 Å². The second-order valence-electron chi connectivity index (χ2n) is 9.85. The highest BCUT2D eigenvalue weighted by Crippen LogP contribution is 2.30. The molecule has 0 spiro atoms. The third kappa shape index (κ3) is 5.01. The van der Waals surface area contributed by atoms with Crippen LogP contribution in [0.15, 0.2) is 59.4 Å². The van der Waals surface area contributed by atoms with Gasteiger partial charge < -0.3 is 19.4 Å². The van der Waals surface area contributed by atoms with Crippen molar-refractivity contribution in [2.24, 2.45) is 0 Å². The Kier molecular flexibility index (Phi) is 7.06. The van der Waals surface area contributed by atoms with Gasteiger partial charge in [-0.3, -0.25) is 9.69 Å². The third-order valence-corrected chi connectivity index (χ3v) is 7.46. The van der Waals surface area contributed by atoms with E-state index in [0.717, 1.165) is 62.3 Å². The molecule has 0 radical (unpaired) electrons. The van der Waals surface area contributed by atoms with Crippen LogP contribution in [0.2, 0.25) is 0 Å². The number of benzene rings is 2. The maximum absolute atomic E-state index is 13.5. The van der Waals surface area contributed by atoms with Crippen LogP contribution in [-0.2, 0) is 11.3 Å². The molecule has 2 saturated heterocycles. The van der Waals surface area contributed by atoms with Crippen LogP contribution in [0.4, 0.5) is 5.69 Å². The van der Waals surface area contributed by atoms with Crippen LogP contribution in [0.5, 0.6) is 5.75 Å². The SMILES string of the molecule is CCOc1ccc2[nH]c(=O)c([C@H](c3nnnn3C[C@@H]3CCCO3)N3CCN(c4ccccc4)CC3)cc2c1. The summed E-state index contributed by atoms with van der Waals surface area (Å²) in [6.45, 7) is 7.09. The highest BCUT2D eigenvalue weighted by Gasteiger charge is 2.33. The van der Waals surface area contributed by atoms with Crippen LogP contribution < -0.4 is 15.2 Å². The van der Waals surface area contributed by atoms with Crippen molar-refractivity contribution in [2.75, 3.05) is 44.3 Å². The fraction of sp³-hybridized carbons (Fsp3) is 0.429. The first-order valence-electron chi connectivity index (χ1n) is 13.4. The fourth-order valence-electron chi connectivity index (χ4n) is 5.56. The molecule has 2 aliphatic heterocycles. The molecule has 6 rings (SSSR count). The Labute approximate surface area is 221 Å². The number of ether oxygens (including phenoxy) is 2. The van der Waals surface area contributed by atoms with E-state index in [9.17, 15) is 4.79 Å². The lowest BCUT2D eigenvalue weighted by molar-refractivity contribution is 0.0906. The minimum absolute atomic E-state index is 0.0801. The van der Waals surface area contributed by atoms with Crippen LogP contribution in [-0.4, -0.2) is 75.6 Å². The number of tetrazole rings is 1. The van der Waals surface area contributed by atoms with Gasteiger partial charge in [0.25, 0.3) is 5.56 Å². The van der Waals surface area contributed by atoms with Gasteiger partial charge in [-0.1, -0.05) is 18.2 Å². The van der Waals surface area contributed by atoms with Crippen molar-refractivity contribution in [3.63, 3.8) is 0 Å². The largest absolute Gasteiger partial charge is 0.494 e. The van der Waals surface area contributed by atoms with Gasteiger partial charge in [0, 0.05) is 54.9 Å². The third-order valence-electron chi connectivity index (χ3n) is 7.46. The molecule has 10 heteroatoms. The normalized spacial score (nSPS) is 19.2. The molecule has 2 fully saturated rings. The molecule has 2 aromatic carbocycles. The summed E-state index contributed by atoms with van der Waals surface area (Å²) in [7, 11) is 0. The van der Waals surface area contributed by atoms with E-state index in [1.807, 2.05) is 41.9 Å². The summed E-state index contributed by atoms with van der Waals surface area (Å²) in [5, 5.41) is 13.7. The zero-order valence-corrected chi connectivity index (χ0v) is 21.6. The molecule has 2 atom stereocenters. The maximum Gasteiger partial charge on any atom is 0.253 e. The molecule has 0 amide bonds. The van der Waals surface area contributed by atoms with Gasteiger partial charge in [0.2, 0.25) is 0 Å². The molecule has 2 aromatic heterocycles. The zero-order chi connectivity index (χ0) is 25.9. The molecular formula is C28H33N7O3. The van der Waals surface area contributed by atoms with Crippen molar-refractivity contribution in [1.29, 1.82) is 0 Å². The molecule has 0 aliphatic carbocycles. The topological polar surface area (TPSA) is 101 Å². The van der Waals surface area contributed by atoms with E-state index in [1.165, 1.54) is 5.69 Å². The fourth-order valence-corrected chi connectivity index (χ4v) is 5.56. The van der Waals surface area contributed by atoms with Crippen LogP contribution in [0, 0.1) is 0 Å². The van der Waals surface area contributed by atoms with Crippen molar-refractivity contribution in [3.05, 3.63) is 76.3 Å². The molecule has 1 N–H and O–H groups in total. The maximum atomic E-state index is 13.5. The van der Waals surface area contributed by atoms with Gasteiger partial charge in [-0.25, -0.2) is 4.68 Å². The van der Waals surface area contributed by atoms with Crippen molar-refractivity contribution in [3.8, 4) is 5.75 Å². The number of nitrogens with zero attached hydrogens (tertiary/aromatic N) is 6. The second kappa shape index (κ2) is 10.9. The Morgan fingerprint density at radius 2 is 1.95 bits per heavy atom. The number of hydrogen-bond acceptors (Lipinski definition) is 8. The number of anilines is 1. The number of aromatic nitrogens is 5. The van der Waals surface area contributed by atoms with Gasteiger partial charge in [0.1, 0.15) is 11.8 Å². The number of H-pyrrole nitrogens is 1. The molecule has 4 heterocycles. The Hall–Kier alpha value is -3.76. The summed E-state index contributed by atoms with van der Waals surface area (Å²) >= 11 is 0. The molecular weight excluding hydrogens is 482 g/mol. The molecule has 0 saturated carbocycles. The van der Waals surface area contributed by atoms with E-state index in [2.05, 4.69) is 54.6 Å². The first-order valence-corrected chi connectivity index (χ1v) is 13.4. The number of nitrogens with one attached hydrogen (secondary N) is 1. The smallest absolute Gasteiger partial charge is 0.253 e. The Morgan fingerprint density at radius 1 is 1.11 bits per heavy atom. The molecule has 198 valence electrons. The number of hydrogen-bond donors (Lipinski definition) is 1. The van der Waals surface area contributed by atoms with Gasteiger partial charge in [0.05, 0.1) is 19.3 Å². The predicted octanol–water partition coefficient (Wildman–Crippen LogP) is 3.00. The van der Waals surface area contributed by atoms with Crippen LogP contribution >= 0.6 is 0 Å². The molecule has 10 nitrogen and oxygen atoms in total.